The third kappa shape index (κ3) is 2.97. The van der Waals surface area contributed by atoms with E-state index in [9.17, 15) is 9.59 Å². The minimum Gasteiger partial charge on any atom is -0.399 e. The number of nitrogens with two attached hydrogens (primary N) is 1. The number of ether oxygens (including phenoxy) is 1. The highest BCUT2D eigenvalue weighted by atomic mass is 16.5. The zero-order valence-electron chi connectivity index (χ0n) is 11.8. The van der Waals surface area contributed by atoms with Crippen LogP contribution in [0.4, 0.5) is 5.69 Å². The van der Waals surface area contributed by atoms with Crippen LogP contribution in [0.2, 0.25) is 0 Å². The van der Waals surface area contributed by atoms with Crippen molar-refractivity contribution in [1.29, 1.82) is 0 Å². The van der Waals surface area contributed by atoms with Crippen molar-refractivity contribution in [3.05, 3.63) is 29.3 Å². The molecule has 1 aromatic carbocycles. The van der Waals surface area contributed by atoms with Crippen molar-refractivity contribution < 1.29 is 14.3 Å². The summed E-state index contributed by atoms with van der Waals surface area (Å²) >= 11 is 0. The molecule has 6 heteroatoms. The Bertz CT molecular complexity index is 528. The van der Waals surface area contributed by atoms with E-state index < -0.39 is 0 Å². The predicted molar refractivity (Wildman–Crippen MR) is 75.6 cm³/mol. The van der Waals surface area contributed by atoms with Crippen molar-refractivity contribution in [2.24, 2.45) is 0 Å². The zero-order valence-corrected chi connectivity index (χ0v) is 11.8. The van der Waals surface area contributed by atoms with Gasteiger partial charge in [-0.25, -0.2) is 0 Å². The molecule has 20 heavy (non-hydrogen) atoms. The van der Waals surface area contributed by atoms with E-state index in [1.807, 2.05) is 19.0 Å². The molecule has 0 aromatic heterocycles. The molecule has 6 nitrogen and oxygen atoms in total. The first-order valence-corrected chi connectivity index (χ1v) is 6.49. The molecule has 0 saturated carbocycles. The summed E-state index contributed by atoms with van der Waals surface area (Å²) in [6.07, 6.45) is 0. The van der Waals surface area contributed by atoms with Gasteiger partial charge in [0.2, 0.25) is 0 Å². The topological polar surface area (TPSA) is 75.9 Å². The molecule has 0 atom stereocenters. The fourth-order valence-electron chi connectivity index (χ4n) is 2.02. The van der Waals surface area contributed by atoms with Crippen molar-refractivity contribution in [1.82, 2.24) is 9.80 Å². The number of hydrogen-bond acceptors (Lipinski definition) is 5. The summed E-state index contributed by atoms with van der Waals surface area (Å²) in [5, 5.41) is 0. The third-order valence-electron chi connectivity index (χ3n) is 3.14. The Morgan fingerprint density at radius 2 is 1.85 bits per heavy atom. The minimum atomic E-state index is -0.298. The maximum atomic E-state index is 12.1. The van der Waals surface area contributed by atoms with E-state index >= 15 is 0 Å². The van der Waals surface area contributed by atoms with Crippen molar-refractivity contribution in [2.45, 2.75) is 0 Å². The van der Waals surface area contributed by atoms with Gasteiger partial charge in [-0.15, -0.1) is 0 Å². The number of nitrogens with zero attached hydrogens (tertiary/aromatic N) is 2. The number of anilines is 1. The molecule has 2 amide bonds. The van der Waals surface area contributed by atoms with E-state index in [4.69, 9.17) is 10.5 Å². The summed E-state index contributed by atoms with van der Waals surface area (Å²) in [6, 6.07) is 4.77. The Hall–Kier alpha value is -1.92. The van der Waals surface area contributed by atoms with Crippen LogP contribution in [0.3, 0.4) is 0 Å². The summed E-state index contributed by atoms with van der Waals surface area (Å²) in [5.74, 6) is -0.574. The monoisotopic (exact) mass is 277 g/mol. The number of fused-ring (bicyclic) bond motifs is 1. The largest absolute Gasteiger partial charge is 0.399 e. The van der Waals surface area contributed by atoms with Crippen LogP contribution in [-0.2, 0) is 4.74 Å². The number of carbonyl (C=O) groups excluding carboxylic acids is 2. The van der Waals surface area contributed by atoms with E-state index in [2.05, 4.69) is 0 Å². The normalized spacial score (nSPS) is 14.2. The van der Waals surface area contributed by atoms with Gasteiger partial charge in [0, 0.05) is 12.2 Å². The molecular weight excluding hydrogens is 258 g/mol. The fraction of sp³-hybridized carbons (Fsp3) is 0.429. The lowest BCUT2D eigenvalue weighted by Gasteiger charge is -2.14. The van der Waals surface area contributed by atoms with Gasteiger partial charge in [-0.2, -0.15) is 0 Å². The number of carbonyl (C=O) groups is 2. The van der Waals surface area contributed by atoms with Crippen LogP contribution >= 0.6 is 0 Å². The molecule has 1 heterocycles. The van der Waals surface area contributed by atoms with Crippen LogP contribution in [0.1, 0.15) is 20.7 Å². The van der Waals surface area contributed by atoms with E-state index in [1.165, 1.54) is 4.90 Å². The molecular formula is C14H19N3O3. The van der Waals surface area contributed by atoms with Gasteiger partial charge >= 0.3 is 0 Å². The molecule has 0 radical (unpaired) electrons. The molecule has 1 aromatic rings. The van der Waals surface area contributed by atoms with Gasteiger partial charge < -0.3 is 15.4 Å². The Kier molecular flexibility index (Phi) is 4.36. The summed E-state index contributed by atoms with van der Waals surface area (Å²) < 4.78 is 5.41. The number of imide groups is 1. The fourth-order valence-corrected chi connectivity index (χ4v) is 2.02. The Balaban J connectivity index is 1.92. The first-order valence-electron chi connectivity index (χ1n) is 6.49. The number of rotatable bonds is 6. The predicted octanol–water partition coefficient (Wildman–Crippen LogP) is 0.443. The van der Waals surface area contributed by atoms with Gasteiger partial charge in [0.1, 0.15) is 0 Å². The van der Waals surface area contributed by atoms with Gasteiger partial charge in [0.25, 0.3) is 11.8 Å². The van der Waals surface area contributed by atoms with Crippen molar-refractivity contribution in [2.75, 3.05) is 46.1 Å². The number of likely N-dealkylation sites (N-methyl/N-ethyl adjacent to an activating group) is 1. The van der Waals surface area contributed by atoms with Gasteiger partial charge in [0.05, 0.1) is 30.9 Å². The summed E-state index contributed by atoms with van der Waals surface area (Å²) in [4.78, 5) is 27.4. The highest BCUT2D eigenvalue weighted by Crippen LogP contribution is 2.24. The van der Waals surface area contributed by atoms with Crippen LogP contribution in [-0.4, -0.2) is 62.0 Å². The molecule has 0 unspecified atom stereocenters. The van der Waals surface area contributed by atoms with Crippen LogP contribution in [0.25, 0.3) is 0 Å². The molecule has 1 aliphatic rings. The maximum absolute atomic E-state index is 12.1. The second-order valence-corrected chi connectivity index (χ2v) is 4.98. The molecule has 0 fully saturated rings. The van der Waals surface area contributed by atoms with Gasteiger partial charge in [-0.05, 0) is 32.3 Å². The SMILES string of the molecule is CN(C)CCOCCN1C(=O)c2ccc(N)cc2C1=O. The van der Waals surface area contributed by atoms with Gasteiger partial charge in [0.15, 0.2) is 0 Å². The van der Waals surface area contributed by atoms with Crippen molar-refractivity contribution in [3.63, 3.8) is 0 Å². The van der Waals surface area contributed by atoms with Gasteiger partial charge in [-0.1, -0.05) is 0 Å². The second-order valence-electron chi connectivity index (χ2n) is 4.98. The second kappa shape index (κ2) is 6.02. The average Bonchev–Trinajstić information content (AvgIpc) is 2.62. The van der Waals surface area contributed by atoms with Crippen molar-refractivity contribution in [3.8, 4) is 0 Å². The molecule has 2 rings (SSSR count). The Labute approximate surface area is 118 Å². The average molecular weight is 277 g/mol. The third-order valence-corrected chi connectivity index (χ3v) is 3.14. The Morgan fingerprint density at radius 1 is 1.15 bits per heavy atom. The molecule has 0 spiro atoms. The molecule has 108 valence electrons. The highest BCUT2D eigenvalue weighted by Gasteiger charge is 2.35. The lowest BCUT2D eigenvalue weighted by molar-refractivity contribution is 0.0549. The zero-order chi connectivity index (χ0) is 14.7. The molecule has 1 aliphatic heterocycles. The van der Waals surface area contributed by atoms with E-state index in [0.717, 1.165) is 6.54 Å². The molecule has 0 saturated heterocycles. The standard InChI is InChI=1S/C14H19N3O3/c1-16(2)5-7-20-8-6-17-13(18)11-4-3-10(15)9-12(11)14(17)19/h3-4,9H,5-8,15H2,1-2H3. The number of hydrogen-bond donors (Lipinski definition) is 1. The van der Waals surface area contributed by atoms with Crippen molar-refractivity contribution >= 4 is 17.5 Å². The first kappa shape index (κ1) is 14.5. The summed E-state index contributed by atoms with van der Waals surface area (Å²) in [7, 11) is 3.91. The molecule has 2 N–H and O–H groups in total. The quantitative estimate of drug-likeness (QED) is 0.464. The smallest absolute Gasteiger partial charge is 0.261 e. The van der Waals surface area contributed by atoms with E-state index in [0.29, 0.717) is 30.0 Å². The van der Waals surface area contributed by atoms with Crippen LogP contribution in [0.5, 0.6) is 0 Å². The van der Waals surface area contributed by atoms with Gasteiger partial charge in [-0.3, -0.25) is 14.5 Å². The minimum absolute atomic E-state index is 0.264. The maximum Gasteiger partial charge on any atom is 0.261 e. The van der Waals surface area contributed by atoms with E-state index in [1.54, 1.807) is 18.2 Å². The number of nitrogen functional groups attached to an aromatic ring is 1. The summed E-state index contributed by atoms with van der Waals surface area (Å²) in [6.45, 7) is 1.98. The Morgan fingerprint density at radius 3 is 2.55 bits per heavy atom. The first-order chi connectivity index (χ1) is 9.50. The molecule has 0 bridgehead atoms. The van der Waals surface area contributed by atoms with Crippen LogP contribution < -0.4 is 5.73 Å². The van der Waals surface area contributed by atoms with E-state index in [-0.39, 0.29) is 18.4 Å². The lowest BCUT2D eigenvalue weighted by atomic mass is 10.1. The number of amides is 2. The van der Waals surface area contributed by atoms with Crippen LogP contribution in [0, 0.1) is 0 Å². The summed E-state index contributed by atoms with van der Waals surface area (Å²) in [5.41, 5.74) is 6.91. The highest BCUT2D eigenvalue weighted by molar-refractivity contribution is 6.21. The lowest BCUT2D eigenvalue weighted by Crippen LogP contribution is -2.33. The van der Waals surface area contributed by atoms with Crippen LogP contribution in [0.15, 0.2) is 18.2 Å². The number of benzene rings is 1. The molecule has 0 aliphatic carbocycles.